The van der Waals surface area contributed by atoms with Crippen molar-refractivity contribution in [3.8, 4) is 0 Å². The number of hydrogen-bond donors (Lipinski definition) is 1. The molecular weight excluding hydrogens is 342 g/mol. The molecule has 0 bridgehead atoms. The topological polar surface area (TPSA) is 69.7 Å². The van der Waals surface area contributed by atoms with E-state index in [1.807, 2.05) is 32.0 Å². The normalized spacial score (nSPS) is 21.1. The minimum atomic E-state index is -1.33. The van der Waals surface area contributed by atoms with Gasteiger partial charge in [-0.15, -0.1) is 0 Å². The number of carbonyl (C=O) groups is 3. The first-order chi connectivity index (χ1) is 13.0. The quantitative estimate of drug-likeness (QED) is 0.912. The maximum absolute atomic E-state index is 13.5. The zero-order valence-corrected chi connectivity index (χ0v) is 15.4. The first-order valence-corrected chi connectivity index (χ1v) is 9.11. The van der Waals surface area contributed by atoms with E-state index in [-0.39, 0.29) is 30.6 Å². The lowest BCUT2D eigenvalue weighted by atomic mass is 9.95. The minimum absolute atomic E-state index is 0.146. The average Bonchev–Trinajstić information content (AvgIpc) is 3.01. The molecule has 3 amide bonds. The molecule has 6 nitrogen and oxygen atoms in total. The van der Waals surface area contributed by atoms with E-state index in [0.717, 1.165) is 5.56 Å². The van der Waals surface area contributed by atoms with Gasteiger partial charge < -0.3 is 10.2 Å². The number of benzene rings is 2. The van der Waals surface area contributed by atoms with Crippen LogP contribution in [0.1, 0.15) is 35.7 Å². The summed E-state index contributed by atoms with van der Waals surface area (Å²) in [7, 11) is 0. The summed E-state index contributed by atoms with van der Waals surface area (Å²) in [6.45, 7) is 4.10. The van der Waals surface area contributed by atoms with E-state index >= 15 is 0 Å². The summed E-state index contributed by atoms with van der Waals surface area (Å²) in [5.41, 5.74) is 1.29. The van der Waals surface area contributed by atoms with Gasteiger partial charge in [0.25, 0.3) is 11.8 Å². The Labute approximate surface area is 157 Å². The molecule has 1 saturated heterocycles. The van der Waals surface area contributed by atoms with E-state index in [2.05, 4.69) is 5.32 Å². The third kappa shape index (κ3) is 2.44. The summed E-state index contributed by atoms with van der Waals surface area (Å²) in [5.74, 6) is -0.727. The molecule has 2 aromatic carbocycles. The molecule has 138 valence electrons. The van der Waals surface area contributed by atoms with Crippen LogP contribution in [0.3, 0.4) is 0 Å². The molecule has 0 saturated carbocycles. The number of nitrogens with one attached hydrogen (secondary N) is 1. The van der Waals surface area contributed by atoms with Crippen LogP contribution in [0.2, 0.25) is 0 Å². The molecule has 1 N–H and O–H groups in total. The predicted octanol–water partition coefficient (Wildman–Crippen LogP) is 2.93. The average molecular weight is 363 g/mol. The zero-order chi connectivity index (χ0) is 19.2. The van der Waals surface area contributed by atoms with E-state index < -0.39 is 5.66 Å². The maximum atomic E-state index is 13.5. The van der Waals surface area contributed by atoms with Crippen molar-refractivity contribution in [3.63, 3.8) is 0 Å². The molecule has 2 aliphatic heterocycles. The Morgan fingerprint density at radius 1 is 1.15 bits per heavy atom. The van der Waals surface area contributed by atoms with Crippen molar-refractivity contribution in [2.45, 2.75) is 32.4 Å². The number of rotatable bonds is 3. The Morgan fingerprint density at radius 2 is 1.93 bits per heavy atom. The molecule has 1 unspecified atom stereocenters. The largest absolute Gasteiger partial charge is 0.322 e. The molecule has 1 atom stereocenters. The molecule has 2 aliphatic rings. The van der Waals surface area contributed by atoms with Crippen molar-refractivity contribution in [2.75, 3.05) is 16.8 Å². The summed E-state index contributed by atoms with van der Waals surface area (Å²) >= 11 is 0. The Balaban J connectivity index is 1.84. The van der Waals surface area contributed by atoms with Gasteiger partial charge in [-0.05, 0) is 43.7 Å². The molecule has 27 heavy (non-hydrogen) atoms. The minimum Gasteiger partial charge on any atom is -0.322 e. The van der Waals surface area contributed by atoms with Crippen molar-refractivity contribution >= 4 is 29.1 Å². The molecule has 2 aromatic rings. The predicted molar refractivity (Wildman–Crippen MR) is 102 cm³/mol. The van der Waals surface area contributed by atoms with E-state index in [9.17, 15) is 14.4 Å². The molecule has 0 aromatic heterocycles. The highest BCUT2D eigenvalue weighted by Crippen LogP contribution is 2.44. The van der Waals surface area contributed by atoms with Crippen molar-refractivity contribution in [2.24, 2.45) is 0 Å². The highest BCUT2D eigenvalue weighted by Gasteiger charge is 2.60. The third-order valence-electron chi connectivity index (χ3n) is 5.33. The summed E-state index contributed by atoms with van der Waals surface area (Å²) in [6, 6.07) is 14.5. The lowest BCUT2D eigenvalue weighted by Crippen LogP contribution is -2.69. The van der Waals surface area contributed by atoms with Crippen LogP contribution in [0, 0.1) is 6.92 Å². The number of likely N-dealkylation sites (N-methyl/N-ethyl adjacent to an activating group) is 1. The van der Waals surface area contributed by atoms with Gasteiger partial charge in [0, 0.05) is 25.1 Å². The molecule has 6 heteroatoms. The Bertz CT molecular complexity index is 955. The first-order valence-electron chi connectivity index (χ1n) is 9.11. The fraction of sp³-hybridized carbons (Fsp3) is 0.286. The van der Waals surface area contributed by atoms with Crippen LogP contribution in [-0.2, 0) is 9.59 Å². The fourth-order valence-electron chi connectivity index (χ4n) is 4.16. The van der Waals surface area contributed by atoms with Crippen molar-refractivity contribution in [1.29, 1.82) is 0 Å². The number of nitrogens with zero attached hydrogens (tertiary/aromatic N) is 2. The standard InChI is InChI=1S/C21H21N3O3/c1-3-23-19(26)16-9-4-5-10-17(16)24-18(25)11-12-21(23,24)20(27)22-15-8-6-7-14(2)13-15/h4-10,13H,3,11-12H2,1-2H3,(H,22,27). The second kappa shape index (κ2) is 6.23. The van der Waals surface area contributed by atoms with Gasteiger partial charge in [0.1, 0.15) is 0 Å². The van der Waals surface area contributed by atoms with Gasteiger partial charge in [0.2, 0.25) is 11.6 Å². The van der Waals surface area contributed by atoms with Crippen molar-refractivity contribution < 1.29 is 14.4 Å². The number of aryl methyl sites for hydroxylation is 1. The summed E-state index contributed by atoms with van der Waals surface area (Å²) in [5, 5.41) is 2.92. The number of carbonyl (C=O) groups excluding carboxylic acids is 3. The van der Waals surface area contributed by atoms with Crippen LogP contribution in [0.15, 0.2) is 48.5 Å². The zero-order valence-electron chi connectivity index (χ0n) is 15.4. The summed E-state index contributed by atoms with van der Waals surface area (Å²) in [6.07, 6.45) is 0.497. The molecule has 0 radical (unpaired) electrons. The fourth-order valence-corrected chi connectivity index (χ4v) is 4.16. The van der Waals surface area contributed by atoms with Gasteiger partial charge in [-0.3, -0.25) is 19.3 Å². The molecule has 1 fully saturated rings. The highest BCUT2D eigenvalue weighted by molar-refractivity contribution is 6.18. The van der Waals surface area contributed by atoms with E-state index in [4.69, 9.17) is 0 Å². The van der Waals surface area contributed by atoms with Crippen LogP contribution >= 0.6 is 0 Å². The smallest absolute Gasteiger partial charge is 0.271 e. The van der Waals surface area contributed by atoms with Crippen LogP contribution < -0.4 is 10.2 Å². The van der Waals surface area contributed by atoms with Crippen molar-refractivity contribution in [1.82, 2.24) is 4.90 Å². The van der Waals surface area contributed by atoms with Gasteiger partial charge in [0.15, 0.2) is 0 Å². The lowest BCUT2D eigenvalue weighted by molar-refractivity contribution is -0.128. The second-order valence-electron chi connectivity index (χ2n) is 6.94. The molecule has 0 spiro atoms. The number of fused-ring (bicyclic) bond motifs is 3. The molecular formula is C21H21N3O3. The SMILES string of the molecule is CCN1C(=O)c2ccccc2N2C(=O)CCC12C(=O)Nc1cccc(C)c1. The Morgan fingerprint density at radius 3 is 2.67 bits per heavy atom. The van der Waals surface area contributed by atoms with Gasteiger partial charge >= 0.3 is 0 Å². The van der Waals surface area contributed by atoms with Gasteiger partial charge in [-0.2, -0.15) is 0 Å². The molecule has 4 rings (SSSR count). The first kappa shape index (κ1) is 17.3. The van der Waals surface area contributed by atoms with Gasteiger partial charge in [-0.1, -0.05) is 24.3 Å². The number of anilines is 2. The van der Waals surface area contributed by atoms with Crippen LogP contribution in [0.25, 0.3) is 0 Å². The number of hydrogen-bond acceptors (Lipinski definition) is 3. The van der Waals surface area contributed by atoms with Crippen molar-refractivity contribution in [3.05, 3.63) is 59.7 Å². The monoisotopic (exact) mass is 363 g/mol. The summed E-state index contributed by atoms with van der Waals surface area (Å²) in [4.78, 5) is 42.4. The van der Waals surface area contributed by atoms with Gasteiger partial charge in [-0.25, -0.2) is 0 Å². The number of para-hydroxylation sites is 1. The highest BCUT2D eigenvalue weighted by atomic mass is 16.2. The maximum Gasteiger partial charge on any atom is 0.271 e. The third-order valence-corrected chi connectivity index (χ3v) is 5.33. The van der Waals surface area contributed by atoms with E-state index in [1.54, 1.807) is 30.3 Å². The van der Waals surface area contributed by atoms with Gasteiger partial charge in [0.05, 0.1) is 11.3 Å². The Kier molecular flexibility index (Phi) is 3.98. The van der Waals surface area contributed by atoms with Crippen LogP contribution in [0.4, 0.5) is 11.4 Å². The number of amides is 3. The summed E-state index contributed by atoms with van der Waals surface area (Å²) < 4.78 is 0. The van der Waals surface area contributed by atoms with Crippen LogP contribution in [-0.4, -0.2) is 34.8 Å². The van der Waals surface area contributed by atoms with Crippen LogP contribution in [0.5, 0.6) is 0 Å². The molecule has 2 heterocycles. The second-order valence-corrected chi connectivity index (χ2v) is 6.94. The van der Waals surface area contributed by atoms with E-state index in [0.29, 0.717) is 23.5 Å². The lowest BCUT2D eigenvalue weighted by Gasteiger charge is -2.48. The van der Waals surface area contributed by atoms with E-state index in [1.165, 1.54) is 9.80 Å². The Hall–Kier alpha value is -3.15. The molecule has 0 aliphatic carbocycles.